The highest BCUT2D eigenvalue weighted by Gasteiger charge is 2.19. The van der Waals surface area contributed by atoms with E-state index in [0.717, 1.165) is 11.3 Å². The molecule has 0 fully saturated rings. The van der Waals surface area contributed by atoms with Crippen LogP contribution in [-0.4, -0.2) is 24.6 Å². The van der Waals surface area contributed by atoms with Crippen LogP contribution in [-0.2, 0) is 0 Å². The van der Waals surface area contributed by atoms with Gasteiger partial charge in [0.15, 0.2) is 11.2 Å². The van der Waals surface area contributed by atoms with Gasteiger partial charge in [-0.05, 0) is 60.7 Å². The van der Waals surface area contributed by atoms with Gasteiger partial charge in [0, 0.05) is 21.8 Å². The van der Waals surface area contributed by atoms with Crippen LogP contribution in [0.3, 0.4) is 0 Å². The first-order chi connectivity index (χ1) is 14.6. The van der Waals surface area contributed by atoms with E-state index < -0.39 is 0 Å². The summed E-state index contributed by atoms with van der Waals surface area (Å²) < 4.78 is 1.86. The molecule has 0 aliphatic carbocycles. The fourth-order valence-corrected chi connectivity index (χ4v) is 3.46. The summed E-state index contributed by atoms with van der Waals surface area (Å²) in [6, 6.07) is 23.4. The number of phenols is 1. The number of halogens is 1. The van der Waals surface area contributed by atoms with Gasteiger partial charge in [-0.2, -0.15) is 0 Å². The Kier molecular flexibility index (Phi) is 4.34. The fraction of sp³-hybridized carbons (Fsp3) is 0. The number of rotatable bonds is 3. The SMILES string of the molecule is O=c1[nH]c(-c2ccc(O)cc2)nc2c1nc(-c1ccc(Cl)cc1)n2-c1ccccc1. The van der Waals surface area contributed by atoms with Crippen LogP contribution >= 0.6 is 11.6 Å². The summed E-state index contributed by atoms with van der Waals surface area (Å²) in [4.78, 5) is 25.0. The summed E-state index contributed by atoms with van der Waals surface area (Å²) in [7, 11) is 0. The van der Waals surface area contributed by atoms with Crippen molar-refractivity contribution in [2.75, 3.05) is 0 Å². The smallest absolute Gasteiger partial charge is 0.279 e. The third-order valence-corrected chi connectivity index (χ3v) is 5.03. The quantitative estimate of drug-likeness (QED) is 0.444. The number of para-hydroxylation sites is 1. The van der Waals surface area contributed by atoms with E-state index in [4.69, 9.17) is 16.6 Å². The van der Waals surface area contributed by atoms with Gasteiger partial charge in [-0.1, -0.05) is 29.8 Å². The van der Waals surface area contributed by atoms with Crippen molar-refractivity contribution < 1.29 is 5.11 Å². The Morgan fingerprint density at radius 2 is 1.50 bits per heavy atom. The molecule has 0 aliphatic rings. The first kappa shape index (κ1) is 18.1. The van der Waals surface area contributed by atoms with E-state index in [1.807, 2.05) is 47.0 Å². The molecular weight excluding hydrogens is 400 g/mol. The molecule has 6 nitrogen and oxygen atoms in total. The number of hydrogen-bond acceptors (Lipinski definition) is 4. The highest BCUT2D eigenvalue weighted by Crippen LogP contribution is 2.28. The second kappa shape index (κ2) is 7.17. The van der Waals surface area contributed by atoms with Crippen molar-refractivity contribution in [2.45, 2.75) is 0 Å². The van der Waals surface area contributed by atoms with Gasteiger partial charge in [-0.15, -0.1) is 0 Å². The van der Waals surface area contributed by atoms with E-state index in [2.05, 4.69) is 9.97 Å². The van der Waals surface area contributed by atoms with E-state index in [0.29, 0.717) is 27.9 Å². The van der Waals surface area contributed by atoms with Crippen molar-refractivity contribution in [1.82, 2.24) is 19.5 Å². The molecule has 0 unspecified atom stereocenters. The normalized spacial score (nSPS) is 11.1. The molecule has 146 valence electrons. The Morgan fingerprint density at radius 1 is 0.833 bits per heavy atom. The minimum Gasteiger partial charge on any atom is -0.508 e. The summed E-state index contributed by atoms with van der Waals surface area (Å²) in [6.45, 7) is 0. The van der Waals surface area contributed by atoms with E-state index in [1.165, 1.54) is 0 Å². The number of H-pyrrole nitrogens is 1. The maximum atomic E-state index is 12.9. The average Bonchev–Trinajstić information content (AvgIpc) is 3.15. The molecular formula is C23H15ClN4O2. The van der Waals surface area contributed by atoms with E-state index in [9.17, 15) is 9.90 Å². The summed E-state index contributed by atoms with van der Waals surface area (Å²) in [6.07, 6.45) is 0. The van der Waals surface area contributed by atoms with Gasteiger partial charge in [-0.3, -0.25) is 9.36 Å². The Labute approximate surface area is 176 Å². The number of fused-ring (bicyclic) bond motifs is 1. The monoisotopic (exact) mass is 414 g/mol. The lowest BCUT2D eigenvalue weighted by Gasteiger charge is -2.09. The number of aromatic hydroxyl groups is 1. The lowest BCUT2D eigenvalue weighted by Crippen LogP contribution is -2.10. The number of aromatic nitrogens is 4. The zero-order chi connectivity index (χ0) is 20.7. The fourth-order valence-electron chi connectivity index (χ4n) is 3.34. The lowest BCUT2D eigenvalue weighted by molar-refractivity contribution is 0.475. The molecule has 0 radical (unpaired) electrons. The standard InChI is InChI=1S/C23H15ClN4O2/c24-16-10-6-15(7-11-16)21-25-19-22(28(21)17-4-2-1-3-5-17)26-20(27-23(19)30)14-8-12-18(29)13-9-14/h1-13,29H,(H,26,27,30). The molecule has 2 heterocycles. The Bertz CT molecular complexity index is 1410. The van der Waals surface area contributed by atoms with Gasteiger partial charge in [0.05, 0.1) is 0 Å². The third kappa shape index (κ3) is 3.13. The highest BCUT2D eigenvalue weighted by molar-refractivity contribution is 6.30. The first-order valence-electron chi connectivity index (χ1n) is 9.24. The molecule has 0 spiro atoms. The average molecular weight is 415 g/mol. The molecule has 3 aromatic carbocycles. The van der Waals surface area contributed by atoms with Crippen LogP contribution in [0.5, 0.6) is 5.75 Å². The summed E-state index contributed by atoms with van der Waals surface area (Å²) in [5.41, 5.74) is 2.67. The molecule has 0 aliphatic heterocycles. The molecule has 0 saturated carbocycles. The van der Waals surface area contributed by atoms with Gasteiger partial charge >= 0.3 is 0 Å². The number of hydrogen-bond donors (Lipinski definition) is 2. The van der Waals surface area contributed by atoms with Gasteiger partial charge in [0.1, 0.15) is 17.4 Å². The number of nitrogens with one attached hydrogen (secondary N) is 1. The molecule has 0 bridgehead atoms. The summed E-state index contributed by atoms with van der Waals surface area (Å²) >= 11 is 6.05. The number of aromatic amines is 1. The molecule has 0 saturated heterocycles. The van der Waals surface area contributed by atoms with Crippen molar-refractivity contribution in [1.29, 1.82) is 0 Å². The van der Waals surface area contributed by atoms with Crippen LogP contribution in [0.4, 0.5) is 0 Å². The maximum absolute atomic E-state index is 12.9. The number of benzene rings is 3. The lowest BCUT2D eigenvalue weighted by atomic mass is 10.2. The van der Waals surface area contributed by atoms with E-state index >= 15 is 0 Å². The topological polar surface area (TPSA) is 83.8 Å². The maximum Gasteiger partial charge on any atom is 0.279 e. The summed E-state index contributed by atoms with van der Waals surface area (Å²) in [5, 5.41) is 10.2. The highest BCUT2D eigenvalue weighted by atomic mass is 35.5. The molecule has 2 aromatic heterocycles. The van der Waals surface area contributed by atoms with Crippen LogP contribution in [0.25, 0.3) is 39.6 Å². The largest absolute Gasteiger partial charge is 0.508 e. The van der Waals surface area contributed by atoms with Gasteiger partial charge < -0.3 is 10.1 Å². The number of imidazole rings is 1. The minimum atomic E-state index is -0.340. The van der Waals surface area contributed by atoms with Gasteiger partial charge in [0.25, 0.3) is 5.56 Å². The van der Waals surface area contributed by atoms with Crippen molar-refractivity contribution in [3.8, 4) is 34.2 Å². The summed E-state index contributed by atoms with van der Waals surface area (Å²) in [5.74, 6) is 1.13. The predicted octanol–water partition coefficient (Wildman–Crippen LogP) is 4.80. The first-order valence-corrected chi connectivity index (χ1v) is 9.61. The zero-order valence-electron chi connectivity index (χ0n) is 15.6. The van der Waals surface area contributed by atoms with Crippen molar-refractivity contribution >= 4 is 22.8 Å². The van der Waals surface area contributed by atoms with Crippen molar-refractivity contribution in [3.05, 3.63) is 94.2 Å². The Hall–Kier alpha value is -3.90. The molecule has 0 amide bonds. The van der Waals surface area contributed by atoms with Gasteiger partial charge in [0.2, 0.25) is 0 Å². The van der Waals surface area contributed by atoms with E-state index in [1.54, 1.807) is 36.4 Å². The van der Waals surface area contributed by atoms with Crippen LogP contribution in [0.2, 0.25) is 5.02 Å². The second-order valence-corrected chi connectivity index (χ2v) is 7.18. The van der Waals surface area contributed by atoms with Gasteiger partial charge in [-0.25, -0.2) is 9.97 Å². The van der Waals surface area contributed by atoms with Crippen molar-refractivity contribution in [3.63, 3.8) is 0 Å². The third-order valence-electron chi connectivity index (χ3n) is 4.78. The predicted molar refractivity (Wildman–Crippen MR) is 117 cm³/mol. The molecule has 7 heteroatoms. The minimum absolute atomic E-state index is 0.140. The van der Waals surface area contributed by atoms with Crippen LogP contribution < -0.4 is 5.56 Å². The van der Waals surface area contributed by atoms with E-state index in [-0.39, 0.29) is 16.8 Å². The zero-order valence-corrected chi connectivity index (χ0v) is 16.3. The van der Waals surface area contributed by atoms with Crippen LogP contribution in [0, 0.1) is 0 Å². The Morgan fingerprint density at radius 3 is 2.20 bits per heavy atom. The molecule has 0 atom stereocenters. The molecule has 5 aromatic rings. The number of nitrogens with zero attached hydrogens (tertiary/aromatic N) is 3. The van der Waals surface area contributed by atoms with Crippen molar-refractivity contribution in [2.24, 2.45) is 0 Å². The number of phenolic OH excluding ortho intramolecular Hbond substituents is 1. The van der Waals surface area contributed by atoms with Crippen LogP contribution in [0.15, 0.2) is 83.7 Å². The molecule has 2 N–H and O–H groups in total. The molecule has 30 heavy (non-hydrogen) atoms. The van der Waals surface area contributed by atoms with Crippen LogP contribution in [0.1, 0.15) is 0 Å². The second-order valence-electron chi connectivity index (χ2n) is 6.75. The Balaban J connectivity index is 1.82. The molecule has 5 rings (SSSR count).